The lowest BCUT2D eigenvalue weighted by Gasteiger charge is -2.17. The van der Waals surface area contributed by atoms with Gasteiger partial charge in [0.15, 0.2) is 11.6 Å². The fraction of sp³-hybridized carbons (Fsp3) is 0.600. The number of aromatic nitrogens is 2. The van der Waals surface area contributed by atoms with E-state index >= 15 is 0 Å². The molecule has 1 aromatic rings. The lowest BCUT2D eigenvalue weighted by Crippen LogP contribution is -2.23. The molecule has 2 rings (SSSR count). The van der Waals surface area contributed by atoms with Crippen LogP contribution in [0.2, 0.25) is 0 Å². The van der Waals surface area contributed by atoms with Crippen LogP contribution in [0.15, 0.2) is 6.33 Å². The zero-order chi connectivity index (χ0) is 10.8. The van der Waals surface area contributed by atoms with Crippen LogP contribution in [0.5, 0.6) is 0 Å². The number of halogens is 2. The standard InChI is InChI=1S/C10H13F2N3/c1-2-8-9(12)10(14-6-13-8)15-4-3-7(11)5-15/h6-7H,2-5H2,1H3. The summed E-state index contributed by atoms with van der Waals surface area (Å²) in [6.07, 6.45) is 1.44. The SMILES string of the molecule is CCc1ncnc(N2CCC(F)C2)c1F. The third-order valence-electron chi connectivity index (χ3n) is 2.61. The van der Waals surface area contributed by atoms with Gasteiger partial charge in [-0.2, -0.15) is 0 Å². The Balaban J connectivity index is 2.28. The molecule has 0 N–H and O–H groups in total. The smallest absolute Gasteiger partial charge is 0.187 e. The van der Waals surface area contributed by atoms with E-state index in [0.29, 0.717) is 25.1 Å². The van der Waals surface area contributed by atoms with Gasteiger partial charge in [-0.15, -0.1) is 0 Å². The van der Waals surface area contributed by atoms with Gasteiger partial charge < -0.3 is 4.90 Å². The Labute approximate surface area is 87.1 Å². The van der Waals surface area contributed by atoms with Crippen LogP contribution in [0.1, 0.15) is 19.0 Å². The van der Waals surface area contributed by atoms with Crippen molar-refractivity contribution in [3.8, 4) is 0 Å². The van der Waals surface area contributed by atoms with Crippen molar-refractivity contribution in [1.29, 1.82) is 0 Å². The summed E-state index contributed by atoms with van der Waals surface area (Å²) >= 11 is 0. The van der Waals surface area contributed by atoms with Crippen molar-refractivity contribution in [3.05, 3.63) is 17.8 Å². The Morgan fingerprint density at radius 2 is 2.33 bits per heavy atom. The van der Waals surface area contributed by atoms with Crippen molar-refractivity contribution >= 4 is 5.82 Å². The molecule has 2 heterocycles. The zero-order valence-electron chi connectivity index (χ0n) is 8.58. The first-order valence-electron chi connectivity index (χ1n) is 5.10. The highest BCUT2D eigenvalue weighted by molar-refractivity contribution is 5.42. The van der Waals surface area contributed by atoms with Gasteiger partial charge in [-0.25, -0.2) is 18.7 Å². The molecule has 15 heavy (non-hydrogen) atoms. The van der Waals surface area contributed by atoms with Crippen LogP contribution in [-0.4, -0.2) is 29.2 Å². The molecule has 1 aromatic heterocycles. The van der Waals surface area contributed by atoms with Crippen molar-refractivity contribution in [1.82, 2.24) is 9.97 Å². The second-order valence-electron chi connectivity index (χ2n) is 3.64. The van der Waals surface area contributed by atoms with Crippen LogP contribution in [0, 0.1) is 5.82 Å². The summed E-state index contributed by atoms with van der Waals surface area (Å²) in [5, 5.41) is 0. The van der Waals surface area contributed by atoms with Crippen LogP contribution >= 0.6 is 0 Å². The molecule has 3 nitrogen and oxygen atoms in total. The maximum atomic E-state index is 13.8. The van der Waals surface area contributed by atoms with E-state index in [1.165, 1.54) is 6.33 Å². The lowest BCUT2D eigenvalue weighted by molar-refractivity contribution is 0.364. The van der Waals surface area contributed by atoms with E-state index in [1.807, 2.05) is 6.92 Å². The van der Waals surface area contributed by atoms with Gasteiger partial charge in [0.25, 0.3) is 0 Å². The molecule has 1 unspecified atom stereocenters. The molecule has 1 fully saturated rings. The Morgan fingerprint density at radius 3 is 2.93 bits per heavy atom. The summed E-state index contributed by atoms with van der Waals surface area (Å²) in [5.41, 5.74) is 0.391. The summed E-state index contributed by atoms with van der Waals surface area (Å²) in [7, 11) is 0. The molecule has 0 spiro atoms. The molecule has 1 aliphatic heterocycles. The highest BCUT2D eigenvalue weighted by Crippen LogP contribution is 2.23. The minimum atomic E-state index is -0.871. The first kappa shape index (κ1) is 10.3. The van der Waals surface area contributed by atoms with Gasteiger partial charge in [-0.3, -0.25) is 0 Å². The first-order valence-corrected chi connectivity index (χ1v) is 5.10. The summed E-state index contributed by atoms with van der Waals surface area (Å²) in [6.45, 7) is 2.59. The summed E-state index contributed by atoms with van der Waals surface area (Å²) in [6, 6.07) is 0. The number of nitrogens with zero attached hydrogens (tertiary/aromatic N) is 3. The van der Waals surface area contributed by atoms with Crippen molar-refractivity contribution in [2.45, 2.75) is 25.9 Å². The molecular formula is C10H13F2N3. The molecule has 5 heteroatoms. The Morgan fingerprint density at radius 1 is 1.53 bits per heavy atom. The molecule has 0 aliphatic carbocycles. The number of rotatable bonds is 2. The normalized spacial score (nSPS) is 21.0. The molecular weight excluding hydrogens is 200 g/mol. The maximum absolute atomic E-state index is 13.8. The molecule has 82 valence electrons. The molecule has 0 aromatic carbocycles. The highest BCUT2D eigenvalue weighted by atomic mass is 19.1. The Bertz CT molecular complexity index is 357. The number of anilines is 1. The van der Waals surface area contributed by atoms with Gasteiger partial charge in [0.1, 0.15) is 12.5 Å². The predicted octanol–water partition coefficient (Wildman–Crippen LogP) is 1.73. The topological polar surface area (TPSA) is 29.0 Å². The average Bonchev–Trinajstić information content (AvgIpc) is 2.65. The molecule has 0 amide bonds. The monoisotopic (exact) mass is 213 g/mol. The number of alkyl halides is 1. The zero-order valence-corrected chi connectivity index (χ0v) is 8.58. The average molecular weight is 213 g/mol. The maximum Gasteiger partial charge on any atom is 0.187 e. The third kappa shape index (κ3) is 1.91. The van der Waals surface area contributed by atoms with Crippen molar-refractivity contribution < 1.29 is 8.78 Å². The summed E-state index contributed by atoms with van der Waals surface area (Å²) in [4.78, 5) is 9.36. The first-order chi connectivity index (χ1) is 7.22. The molecule has 1 saturated heterocycles. The van der Waals surface area contributed by atoms with Gasteiger partial charge in [0, 0.05) is 6.54 Å². The van der Waals surface area contributed by atoms with Crippen molar-refractivity contribution in [2.24, 2.45) is 0 Å². The van der Waals surface area contributed by atoms with Crippen LogP contribution in [-0.2, 0) is 6.42 Å². The van der Waals surface area contributed by atoms with E-state index in [0.717, 1.165) is 0 Å². The van der Waals surface area contributed by atoms with Gasteiger partial charge in [0.05, 0.1) is 12.2 Å². The minimum absolute atomic E-state index is 0.233. The number of hydrogen-bond acceptors (Lipinski definition) is 3. The quantitative estimate of drug-likeness (QED) is 0.749. The van der Waals surface area contributed by atoms with Crippen molar-refractivity contribution in [3.63, 3.8) is 0 Å². The van der Waals surface area contributed by atoms with Crippen LogP contribution < -0.4 is 4.90 Å². The predicted molar refractivity (Wildman–Crippen MR) is 53.1 cm³/mol. The Kier molecular flexibility index (Phi) is 2.79. The Hall–Kier alpha value is -1.26. The lowest BCUT2D eigenvalue weighted by atomic mass is 10.3. The van der Waals surface area contributed by atoms with Crippen LogP contribution in [0.4, 0.5) is 14.6 Å². The number of hydrogen-bond donors (Lipinski definition) is 0. The number of aryl methyl sites for hydroxylation is 1. The second kappa shape index (κ2) is 4.08. The van der Waals surface area contributed by atoms with Crippen LogP contribution in [0.3, 0.4) is 0 Å². The molecule has 0 radical (unpaired) electrons. The summed E-state index contributed by atoms with van der Waals surface area (Å²) in [5.74, 6) is -0.170. The largest absolute Gasteiger partial charge is 0.351 e. The van der Waals surface area contributed by atoms with E-state index in [2.05, 4.69) is 9.97 Å². The molecule has 1 aliphatic rings. The molecule has 1 atom stereocenters. The van der Waals surface area contributed by atoms with Gasteiger partial charge in [-0.1, -0.05) is 6.92 Å². The summed E-state index contributed by atoms with van der Waals surface area (Å²) < 4.78 is 26.7. The van der Waals surface area contributed by atoms with E-state index in [-0.39, 0.29) is 12.4 Å². The van der Waals surface area contributed by atoms with Gasteiger partial charge >= 0.3 is 0 Å². The van der Waals surface area contributed by atoms with Gasteiger partial charge in [0.2, 0.25) is 0 Å². The van der Waals surface area contributed by atoms with Crippen molar-refractivity contribution in [2.75, 3.05) is 18.0 Å². The van der Waals surface area contributed by atoms with E-state index < -0.39 is 12.0 Å². The van der Waals surface area contributed by atoms with E-state index in [1.54, 1.807) is 4.90 Å². The minimum Gasteiger partial charge on any atom is -0.351 e. The highest BCUT2D eigenvalue weighted by Gasteiger charge is 2.25. The molecule has 0 bridgehead atoms. The fourth-order valence-electron chi connectivity index (χ4n) is 1.77. The third-order valence-corrected chi connectivity index (χ3v) is 2.61. The fourth-order valence-corrected chi connectivity index (χ4v) is 1.77. The van der Waals surface area contributed by atoms with Gasteiger partial charge in [-0.05, 0) is 12.8 Å². The van der Waals surface area contributed by atoms with E-state index in [4.69, 9.17) is 0 Å². The second-order valence-corrected chi connectivity index (χ2v) is 3.64. The van der Waals surface area contributed by atoms with Crippen LogP contribution in [0.25, 0.3) is 0 Å². The molecule has 0 saturated carbocycles. The van der Waals surface area contributed by atoms with E-state index in [9.17, 15) is 8.78 Å².